The number of rotatable bonds is 3. The van der Waals surface area contributed by atoms with Crippen LogP contribution in [-0.4, -0.2) is 18.3 Å². The van der Waals surface area contributed by atoms with Crippen molar-refractivity contribution in [2.75, 3.05) is 0 Å². The Bertz CT molecular complexity index is 577. The molecule has 0 radical (unpaired) electrons. The van der Waals surface area contributed by atoms with Crippen LogP contribution in [0.15, 0.2) is 15.6 Å². The SMILES string of the molecule is NS(=O)(=O)c1c([N+](=O)[O-])ncc(C(F)F)c1Br. The number of nitrogens with zero attached hydrogens (tertiary/aromatic N) is 2. The van der Waals surface area contributed by atoms with Gasteiger partial charge in [0, 0.05) is 0 Å². The number of nitro groups is 1. The van der Waals surface area contributed by atoms with Crippen molar-refractivity contribution in [1.82, 2.24) is 4.98 Å². The van der Waals surface area contributed by atoms with Crippen LogP contribution in [0.2, 0.25) is 0 Å². The normalized spacial score (nSPS) is 11.8. The van der Waals surface area contributed by atoms with Gasteiger partial charge in [-0.2, -0.15) is 0 Å². The van der Waals surface area contributed by atoms with Crippen molar-refractivity contribution < 1.29 is 22.1 Å². The number of hydrogen-bond acceptors (Lipinski definition) is 5. The summed E-state index contributed by atoms with van der Waals surface area (Å²) in [7, 11) is -4.55. The van der Waals surface area contributed by atoms with Crippen molar-refractivity contribution in [2.24, 2.45) is 5.14 Å². The van der Waals surface area contributed by atoms with Gasteiger partial charge in [0.05, 0.1) is 10.0 Å². The lowest BCUT2D eigenvalue weighted by atomic mass is 10.3. The van der Waals surface area contributed by atoms with Gasteiger partial charge in [-0.3, -0.25) is 0 Å². The third-order valence-electron chi connectivity index (χ3n) is 1.67. The maximum Gasteiger partial charge on any atom is 0.384 e. The summed E-state index contributed by atoms with van der Waals surface area (Å²) in [5.41, 5.74) is -0.792. The van der Waals surface area contributed by atoms with E-state index in [4.69, 9.17) is 5.14 Å². The van der Waals surface area contributed by atoms with E-state index in [0.717, 1.165) is 0 Å². The Balaban J connectivity index is 3.72. The highest BCUT2D eigenvalue weighted by Gasteiger charge is 2.32. The molecule has 0 aliphatic carbocycles. The first-order chi connectivity index (χ1) is 7.66. The number of pyridine rings is 1. The smallest absolute Gasteiger partial charge is 0.358 e. The van der Waals surface area contributed by atoms with Crippen LogP contribution in [0.4, 0.5) is 14.6 Å². The van der Waals surface area contributed by atoms with Crippen molar-refractivity contribution >= 4 is 31.8 Å². The topological polar surface area (TPSA) is 116 Å². The zero-order chi connectivity index (χ0) is 13.4. The Morgan fingerprint density at radius 1 is 1.53 bits per heavy atom. The number of sulfonamides is 1. The van der Waals surface area contributed by atoms with Gasteiger partial charge in [-0.15, -0.1) is 0 Å². The van der Waals surface area contributed by atoms with Crippen LogP contribution < -0.4 is 5.14 Å². The van der Waals surface area contributed by atoms with Crippen molar-refractivity contribution in [3.63, 3.8) is 0 Å². The molecule has 1 rings (SSSR count). The first kappa shape index (κ1) is 13.9. The van der Waals surface area contributed by atoms with E-state index in [2.05, 4.69) is 20.9 Å². The van der Waals surface area contributed by atoms with Gasteiger partial charge in [-0.05, 0) is 25.8 Å². The fourth-order valence-electron chi connectivity index (χ4n) is 1.01. The molecule has 0 amide bonds. The Morgan fingerprint density at radius 3 is 2.41 bits per heavy atom. The highest BCUT2D eigenvalue weighted by atomic mass is 79.9. The Morgan fingerprint density at radius 2 is 2.06 bits per heavy atom. The van der Waals surface area contributed by atoms with E-state index in [1.54, 1.807) is 0 Å². The standard InChI is InChI=1S/C6H4BrF2N3O4S/c7-3-2(5(8)9)1-11-6(12(13)14)4(3)17(10,15)16/h1,5H,(H2,10,15,16). The molecule has 94 valence electrons. The number of halogens is 3. The molecule has 0 fully saturated rings. The van der Waals surface area contributed by atoms with Gasteiger partial charge in [0.1, 0.15) is 0 Å². The lowest BCUT2D eigenvalue weighted by Gasteiger charge is -2.06. The van der Waals surface area contributed by atoms with Gasteiger partial charge in [0.2, 0.25) is 10.0 Å². The van der Waals surface area contributed by atoms with Crippen molar-refractivity contribution in [1.29, 1.82) is 0 Å². The van der Waals surface area contributed by atoms with Gasteiger partial charge >= 0.3 is 5.82 Å². The average Bonchev–Trinajstić information content (AvgIpc) is 2.14. The van der Waals surface area contributed by atoms with Gasteiger partial charge < -0.3 is 10.1 Å². The quantitative estimate of drug-likeness (QED) is 0.662. The zero-order valence-corrected chi connectivity index (χ0v) is 10.2. The number of alkyl halides is 2. The molecule has 0 aromatic carbocycles. The third-order valence-corrected chi connectivity index (χ3v) is 3.75. The molecule has 0 unspecified atom stereocenters. The summed E-state index contributed by atoms with van der Waals surface area (Å²) in [5, 5.41) is 15.2. The van der Waals surface area contributed by atoms with Crippen molar-refractivity contribution in [3.8, 4) is 0 Å². The molecule has 11 heteroatoms. The largest absolute Gasteiger partial charge is 0.384 e. The van der Waals surface area contributed by atoms with Gasteiger partial charge in [-0.1, -0.05) is 0 Å². The molecular formula is C6H4BrF2N3O4S. The molecule has 1 heterocycles. The molecule has 7 nitrogen and oxygen atoms in total. The monoisotopic (exact) mass is 331 g/mol. The molecule has 2 N–H and O–H groups in total. The molecule has 1 aromatic rings. The molecule has 0 aliphatic rings. The van der Waals surface area contributed by atoms with Crippen LogP contribution in [0.5, 0.6) is 0 Å². The minimum Gasteiger partial charge on any atom is -0.358 e. The predicted octanol–water partition coefficient (Wildman–Crippen LogP) is 1.34. The summed E-state index contributed by atoms with van der Waals surface area (Å²) in [6.45, 7) is 0. The van der Waals surface area contributed by atoms with Crippen molar-refractivity contribution in [3.05, 3.63) is 26.3 Å². The maximum absolute atomic E-state index is 12.5. The lowest BCUT2D eigenvalue weighted by Crippen LogP contribution is -2.16. The Labute approximate surface area is 102 Å². The Hall–Kier alpha value is -1.20. The second-order valence-corrected chi connectivity index (χ2v) is 5.07. The van der Waals surface area contributed by atoms with E-state index >= 15 is 0 Å². The fourth-order valence-corrected chi connectivity index (χ4v) is 2.89. The summed E-state index contributed by atoms with van der Waals surface area (Å²) in [6, 6.07) is 0. The predicted molar refractivity (Wildman–Crippen MR) is 54.9 cm³/mol. The van der Waals surface area contributed by atoms with Crippen LogP contribution >= 0.6 is 15.9 Å². The maximum atomic E-state index is 12.5. The summed E-state index contributed by atoms with van der Waals surface area (Å²) in [4.78, 5) is 11.4. The van der Waals surface area contributed by atoms with Crippen LogP contribution in [0.3, 0.4) is 0 Å². The number of nitrogens with two attached hydrogens (primary N) is 1. The molecule has 0 saturated carbocycles. The molecule has 0 saturated heterocycles. The van der Waals surface area contributed by atoms with Gasteiger partial charge in [0.15, 0.2) is 11.1 Å². The molecule has 0 bridgehead atoms. The molecule has 17 heavy (non-hydrogen) atoms. The highest BCUT2D eigenvalue weighted by molar-refractivity contribution is 9.10. The number of hydrogen-bond donors (Lipinski definition) is 1. The lowest BCUT2D eigenvalue weighted by molar-refractivity contribution is -0.392. The molecule has 1 aromatic heterocycles. The van der Waals surface area contributed by atoms with Crippen LogP contribution in [0.25, 0.3) is 0 Å². The number of aromatic nitrogens is 1. The molecule has 0 spiro atoms. The Kier molecular flexibility index (Phi) is 3.74. The molecular weight excluding hydrogens is 328 g/mol. The van der Waals surface area contributed by atoms with Crippen LogP contribution in [-0.2, 0) is 10.0 Å². The second-order valence-electron chi connectivity index (χ2n) is 2.78. The fraction of sp³-hybridized carbons (Fsp3) is 0.167. The summed E-state index contributed by atoms with van der Waals surface area (Å²) in [6.07, 6.45) is -2.53. The van der Waals surface area contributed by atoms with E-state index in [9.17, 15) is 27.3 Å². The van der Waals surface area contributed by atoms with E-state index in [1.165, 1.54) is 0 Å². The first-order valence-corrected chi connectivity index (χ1v) is 6.14. The number of primary sulfonamides is 1. The highest BCUT2D eigenvalue weighted by Crippen LogP contribution is 2.35. The van der Waals surface area contributed by atoms with Gasteiger partial charge in [0.25, 0.3) is 6.43 Å². The molecule has 0 atom stereocenters. The van der Waals surface area contributed by atoms with E-state index in [1.807, 2.05) is 0 Å². The van der Waals surface area contributed by atoms with E-state index in [0.29, 0.717) is 6.20 Å². The summed E-state index contributed by atoms with van der Waals surface area (Å²) < 4.78 is 46.5. The first-order valence-electron chi connectivity index (χ1n) is 3.80. The van der Waals surface area contributed by atoms with Gasteiger partial charge in [-0.25, -0.2) is 22.3 Å². The van der Waals surface area contributed by atoms with Crippen LogP contribution in [0.1, 0.15) is 12.0 Å². The second kappa shape index (κ2) is 4.58. The molecule has 0 aliphatic heterocycles. The van der Waals surface area contributed by atoms with Crippen molar-refractivity contribution in [2.45, 2.75) is 11.3 Å². The third kappa shape index (κ3) is 2.73. The zero-order valence-electron chi connectivity index (χ0n) is 7.80. The summed E-state index contributed by atoms with van der Waals surface area (Å²) in [5.74, 6) is -1.11. The average molecular weight is 332 g/mol. The van der Waals surface area contributed by atoms with E-state index < -0.39 is 42.1 Å². The van der Waals surface area contributed by atoms with E-state index in [-0.39, 0.29) is 0 Å². The van der Waals surface area contributed by atoms with Crippen LogP contribution in [0, 0.1) is 10.1 Å². The minimum absolute atomic E-state index is 0.515. The summed E-state index contributed by atoms with van der Waals surface area (Å²) >= 11 is 2.55. The minimum atomic E-state index is -4.55.